The number of imidazole rings is 1. The lowest BCUT2D eigenvalue weighted by Gasteiger charge is -2.14. The van der Waals surface area contributed by atoms with Crippen LogP contribution in [0, 0.1) is 5.92 Å². The molecule has 5 N–H and O–H groups in total. The van der Waals surface area contributed by atoms with Crippen molar-refractivity contribution in [3.63, 3.8) is 0 Å². The first-order valence-corrected chi connectivity index (χ1v) is 6.23. The number of H-pyrrole nitrogens is 1. The lowest BCUT2D eigenvalue weighted by atomic mass is 10.0. The number of aliphatic hydroxyl groups excluding tert-OH is 2. The van der Waals surface area contributed by atoms with Crippen molar-refractivity contribution in [2.75, 3.05) is 18.9 Å². The molecule has 0 radical (unpaired) electrons. The van der Waals surface area contributed by atoms with Gasteiger partial charge in [-0.25, -0.2) is 4.98 Å². The molecule has 2 aromatic rings. The molecule has 1 aliphatic heterocycles. The van der Waals surface area contributed by atoms with Crippen molar-refractivity contribution < 1.29 is 14.9 Å². The minimum Gasteiger partial charge on any atom is -0.396 e. The Morgan fingerprint density at radius 2 is 2.30 bits per heavy atom. The fourth-order valence-corrected chi connectivity index (χ4v) is 2.50. The number of rotatable bonds is 3. The van der Waals surface area contributed by atoms with Gasteiger partial charge in [-0.15, -0.1) is 0 Å². The van der Waals surface area contributed by atoms with Gasteiger partial charge in [0.2, 0.25) is 5.95 Å². The highest BCUT2D eigenvalue weighted by Crippen LogP contribution is 2.34. The third-order valence-electron chi connectivity index (χ3n) is 3.54. The molecular formula is C11H15N5O4. The highest BCUT2D eigenvalue weighted by molar-refractivity contribution is 5.70. The summed E-state index contributed by atoms with van der Waals surface area (Å²) in [6, 6.07) is 0. The van der Waals surface area contributed by atoms with Crippen LogP contribution in [0.15, 0.2) is 11.1 Å². The molecule has 20 heavy (non-hydrogen) atoms. The van der Waals surface area contributed by atoms with Gasteiger partial charge in [0, 0.05) is 18.9 Å². The number of anilines is 1. The summed E-state index contributed by atoms with van der Waals surface area (Å²) in [6.07, 6.45) is 1.07. The lowest BCUT2D eigenvalue weighted by molar-refractivity contribution is -0.0333. The summed E-state index contributed by atoms with van der Waals surface area (Å²) < 4.78 is 7.26. The van der Waals surface area contributed by atoms with Gasteiger partial charge >= 0.3 is 0 Å². The highest BCUT2D eigenvalue weighted by atomic mass is 16.5. The monoisotopic (exact) mass is 281 g/mol. The standard InChI is InChI=1S/C11H15N5O4/c12-11-14-9-8(10(19)15-11)13-4-16(9)7-1-5(2-17)6(3-18)20-7/h4-7,17-18H,1-3H2,(H3,12,14,15,19)/t5-,6-,7-/m1/s1. The molecule has 0 spiro atoms. The van der Waals surface area contributed by atoms with Gasteiger partial charge in [-0.3, -0.25) is 14.3 Å². The van der Waals surface area contributed by atoms with Gasteiger partial charge in [-0.2, -0.15) is 4.98 Å². The number of aliphatic hydroxyl groups is 2. The van der Waals surface area contributed by atoms with E-state index in [0.717, 1.165) is 0 Å². The predicted octanol–water partition coefficient (Wildman–Crippen LogP) is -1.41. The van der Waals surface area contributed by atoms with Crippen molar-refractivity contribution in [3.05, 3.63) is 16.7 Å². The Morgan fingerprint density at radius 1 is 1.50 bits per heavy atom. The Bertz CT molecular complexity index is 669. The summed E-state index contributed by atoms with van der Waals surface area (Å²) >= 11 is 0. The summed E-state index contributed by atoms with van der Waals surface area (Å²) in [5, 5.41) is 18.5. The maximum atomic E-state index is 11.7. The van der Waals surface area contributed by atoms with Crippen LogP contribution in [0.1, 0.15) is 12.6 Å². The van der Waals surface area contributed by atoms with Crippen molar-refractivity contribution in [2.45, 2.75) is 18.8 Å². The van der Waals surface area contributed by atoms with Gasteiger partial charge in [0.25, 0.3) is 5.56 Å². The third kappa shape index (κ3) is 1.96. The van der Waals surface area contributed by atoms with E-state index in [1.165, 1.54) is 6.33 Å². The molecule has 9 nitrogen and oxygen atoms in total. The van der Waals surface area contributed by atoms with E-state index in [4.69, 9.17) is 10.5 Å². The first kappa shape index (κ1) is 13.0. The number of nitrogens with two attached hydrogens (primary N) is 1. The Hall–Kier alpha value is -1.97. The number of nitrogens with zero attached hydrogens (tertiary/aromatic N) is 3. The molecule has 0 aliphatic carbocycles. The molecule has 9 heteroatoms. The second-order valence-corrected chi connectivity index (χ2v) is 4.77. The van der Waals surface area contributed by atoms with Crippen LogP contribution in [0.25, 0.3) is 11.2 Å². The van der Waals surface area contributed by atoms with E-state index in [0.29, 0.717) is 12.1 Å². The van der Waals surface area contributed by atoms with Crippen LogP contribution in [0.4, 0.5) is 5.95 Å². The van der Waals surface area contributed by atoms with Crippen molar-refractivity contribution in [1.29, 1.82) is 0 Å². The third-order valence-corrected chi connectivity index (χ3v) is 3.54. The summed E-state index contributed by atoms with van der Waals surface area (Å²) in [6.45, 7) is -0.255. The van der Waals surface area contributed by atoms with E-state index in [9.17, 15) is 15.0 Å². The fraction of sp³-hybridized carbons (Fsp3) is 0.545. The quantitative estimate of drug-likeness (QED) is 0.542. The molecule has 0 saturated carbocycles. The van der Waals surface area contributed by atoms with Gasteiger partial charge in [0.1, 0.15) is 6.23 Å². The average molecular weight is 281 g/mol. The van der Waals surface area contributed by atoms with Gasteiger partial charge in [0.05, 0.1) is 19.0 Å². The van der Waals surface area contributed by atoms with E-state index in [-0.39, 0.29) is 30.6 Å². The highest BCUT2D eigenvalue weighted by Gasteiger charge is 2.36. The number of nitrogen functional groups attached to an aromatic ring is 1. The van der Waals surface area contributed by atoms with E-state index >= 15 is 0 Å². The Kier molecular flexibility index (Phi) is 3.16. The van der Waals surface area contributed by atoms with Crippen molar-refractivity contribution in [3.8, 4) is 0 Å². The molecule has 0 unspecified atom stereocenters. The SMILES string of the molecule is Nc1nc2c(ncn2[C@H]2C[C@H](CO)[C@@H](CO)O2)c(=O)[nH]1. The van der Waals surface area contributed by atoms with Crippen LogP contribution in [0.2, 0.25) is 0 Å². The van der Waals surface area contributed by atoms with Crippen molar-refractivity contribution in [2.24, 2.45) is 5.92 Å². The first-order valence-electron chi connectivity index (χ1n) is 6.23. The van der Waals surface area contributed by atoms with Crippen molar-refractivity contribution in [1.82, 2.24) is 19.5 Å². The zero-order valence-electron chi connectivity index (χ0n) is 10.6. The summed E-state index contributed by atoms with van der Waals surface area (Å²) in [5.74, 6) is -0.165. The predicted molar refractivity (Wildman–Crippen MR) is 68.7 cm³/mol. The zero-order valence-corrected chi connectivity index (χ0v) is 10.6. The number of ether oxygens (including phenoxy) is 1. The van der Waals surface area contributed by atoms with Gasteiger partial charge in [-0.05, 0) is 0 Å². The molecule has 2 aromatic heterocycles. The molecule has 0 amide bonds. The molecule has 3 atom stereocenters. The van der Waals surface area contributed by atoms with Crippen LogP contribution in [-0.2, 0) is 4.74 Å². The second-order valence-electron chi connectivity index (χ2n) is 4.77. The fourth-order valence-electron chi connectivity index (χ4n) is 2.50. The maximum absolute atomic E-state index is 11.7. The van der Waals surface area contributed by atoms with E-state index in [1.54, 1.807) is 4.57 Å². The van der Waals surface area contributed by atoms with Crippen molar-refractivity contribution >= 4 is 17.1 Å². The normalized spacial score (nSPS) is 26.4. The van der Waals surface area contributed by atoms with E-state index in [2.05, 4.69) is 15.0 Å². The molecule has 108 valence electrons. The van der Waals surface area contributed by atoms with E-state index < -0.39 is 17.9 Å². The molecular weight excluding hydrogens is 266 g/mol. The largest absolute Gasteiger partial charge is 0.396 e. The number of hydrogen-bond donors (Lipinski definition) is 4. The van der Waals surface area contributed by atoms with Gasteiger partial charge in [-0.1, -0.05) is 0 Å². The topological polar surface area (TPSA) is 139 Å². The van der Waals surface area contributed by atoms with Crippen LogP contribution in [0.3, 0.4) is 0 Å². The van der Waals surface area contributed by atoms with Crippen LogP contribution in [-0.4, -0.2) is 49.0 Å². The Labute approximate surface area is 113 Å². The molecule has 0 aromatic carbocycles. The molecule has 1 aliphatic rings. The lowest BCUT2D eigenvalue weighted by Crippen LogP contribution is -2.23. The number of fused-ring (bicyclic) bond motifs is 1. The number of nitrogens with one attached hydrogen (secondary N) is 1. The van der Waals surface area contributed by atoms with E-state index in [1.807, 2.05) is 0 Å². The summed E-state index contributed by atoms with van der Waals surface area (Å²) in [7, 11) is 0. The number of aromatic nitrogens is 4. The van der Waals surface area contributed by atoms with Crippen LogP contribution >= 0.6 is 0 Å². The smallest absolute Gasteiger partial charge is 0.280 e. The molecule has 1 fully saturated rings. The number of aromatic amines is 1. The molecule has 1 saturated heterocycles. The van der Waals surface area contributed by atoms with Gasteiger partial charge < -0.3 is 20.7 Å². The van der Waals surface area contributed by atoms with Crippen LogP contribution < -0.4 is 11.3 Å². The summed E-state index contributed by atoms with van der Waals surface area (Å²) in [4.78, 5) is 22.1. The summed E-state index contributed by atoms with van der Waals surface area (Å²) in [5.41, 5.74) is 5.62. The van der Waals surface area contributed by atoms with Crippen LogP contribution in [0.5, 0.6) is 0 Å². The molecule has 3 heterocycles. The second kappa shape index (κ2) is 4.85. The average Bonchev–Trinajstić information content (AvgIpc) is 3.01. The Morgan fingerprint density at radius 3 is 2.95 bits per heavy atom. The minimum atomic E-state index is -0.443. The minimum absolute atomic E-state index is 0.000312. The van der Waals surface area contributed by atoms with Gasteiger partial charge in [0.15, 0.2) is 11.2 Å². The Balaban J connectivity index is 2.01. The number of hydrogen-bond acceptors (Lipinski definition) is 7. The first-order chi connectivity index (χ1) is 9.63. The maximum Gasteiger partial charge on any atom is 0.280 e. The molecule has 0 bridgehead atoms. The zero-order chi connectivity index (χ0) is 14.3. The molecule has 3 rings (SSSR count).